The van der Waals surface area contributed by atoms with Gasteiger partial charge in [-0.05, 0) is 45.2 Å². The van der Waals surface area contributed by atoms with Crippen molar-refractivity contribution in [2.45, 2.75) is 32.2 Å². The largest absolute Gasteiger partial charge is 0.341 e. The van der Waals surface area contributed by atoms with Crippen LogP contribution >= 0.6 is 11.8 Å². The Labute approximate surface area is 142 Å². The number of carbonyl (C=O) groups is 1. The fourth-order valence-electron chi connectivity index (χ4n) is 2.75. The van der Waals surface area contributed by atoms with E-state index in [-0.39, 0.29) is 0 Å². The molecule has 2 rings (SSSR count). The third-order valence-corrected chi connectivity index (χ3v) is 4.49. The molecule has 0 spiro atoms. The number of hydrogen-bond acceptors (Lipinski definition) is 2. The van der Waals surface area contributed by atoms with Crippen LogP contribution in [0.5, 0.6) is 0 Å². The van der Waals surface area contributed by atoms with Gasteiger partial charge >= 0.3 is 0 Å². The van der Waals surface area contributed by atoms with Crippen molar-refractivity contribution in [1.82, 2.24) is 9.47 Å². The molecule has 0 radical (unpaired) electrons. The van der Waals surface area contributed by atoms with Crippen LogP contribution in [0.1, 0.15) is 26.5 Å². The van der Waals surface area contributed by atoms with Crippen LogP contribution in [0, 0.1) is 0 Å². The highest BCUT2D eigenvalue weighted by Gasteiger charge is 2.13. The molecule has 4 heteroatoms. The molecule has 0 saturated heterocycles. The van der Waals surface area contributed by atoms with Crippen molar-refractivity contribution in [3.05, 3.63) is 47.8 Å². The summed E-state index contributed by atoms with van der Waals surface area (Å²) in [5, 5.41) is 1.26. The second-order valence-corrected chi connectivity index (χ2v) is 6.59. The van der Waals surface area contributed by atoms with Crippen molar-refractivity contribution >= 4 is 34.6 Å². The highest BCUT2D eigenvalue weighted by atomic mass is 32.2. The summed E-state index contributed by atoms with van der Waals surface area (Å²) in [6.45, 7) is 7.18. The van der Waals surface area contributed by atoms with Crippen LogP contribution in [-0.4, -0.2) is 29.2 Å². The minimum absolute atomic E-state index is 0.825. The van der Waals surface area contributed by atoms with Gasteiger partial charge in [-0.1, -0.05) is 17.7 Å². The molecule has 0 aliphatic heterocycles. The molecule has 0 unspecified atom stereocenters. The Morgan fingerprint density at radius 1 is 1.35 bits per heavy atom. The molecule has 23 heavy (non-hydrogen) atoms. The number of thioether (sulfide) groups is 1. The van der Waals surface area contributed by atoms with Gasteiger partial charge in [0, 0.05) is 41.2 Å². The lowest BCUT2D eigenvalue weighted by Gasteiger charge is -2.12. The monoisotopic (exact) mass is 328 g/mol. The van der Waals surface area contributed by atoms with Crippen molar-refractivity contribution in [1.29, 1.82) is 0 Å². The highest BCUT2D eigenvalue weighted by molar-refractivity contribution is 7.98. The number of benzene rings is 1. The molecule has 0 atom stereocenters. The quantitative estimate of drug-likeness (QED) is 0.433. The Morgan fingerprint density at radius 3 is 2.65 bits per heavy atom. The normalized spacial score (nSPS) is 11.6. The zero-order chi connectivity index (χ0) is 17.0. The summed E-state index contributed by atoms with van der Waals surface area (Å²) in [5.41, 5.74) is 4.62. The molecule has 1 aromatic carbocycles. The molecule has 1 heterocycles. The number of hydrogen-bond donors (Lipinski definition) is 0. The van der Waals surface area contributed by atoms with Crippen LogP contribution < -0.4 is 0 Å². The van der Waals surface area contributed by atoms with Crippen LogP contribution in [0.3, 0.4) is 0 Å². The van der Waals surface area contributed by atoms with Gasteiger partial charge in [0.2, 0.25) is 6.41 Å². The van der Waals surface area contributed by atoms with Gasteiger partial charge in [0.25, 0.3) is 0 Å². The Morgan fingerprint density at radius 2 is 2.09 bits per heavy atom. The maximum Gasteiger partial charge on any atom is 0.213 e. The molecule has 0 N–H and O–H groups in total. The first-order valence-electron chi connectivity index (χ1n) is 7.72. The molecular weight excluding hydrogens is 304 g/mol. The second kappa shape index (κ2) is 7.55. The Hall–Kier alpha value is -1.94. The number of rotatable bonds is 6. The van der Waals surface area contributed by atoms with Crippen molar-refractivity contribution in [2.75, 3.05) is 13.3 Å². The Bertz CT molecular complexity index is 767. The topological polar surface area (TPSA) is 25.2 Å². The molecule has 0 aliphatic rings. The summed E-state index contributed by atoms with van der Waals surface area (Å²) in [5.74, 6) is 0. The first-order valence-corrected chi connectivity index (χ1v) is 8.94. The van der Waals surface area contributed by atoms with Crippen molar-refractivity contribution in [3.63, 3.8) is 0 Å². The summed E-state index contributed by atoms with van der Waals surface area (Å²) in [4.78, 5) is 13.9. The predicted octanol–water partition coefficient (Wildman–Crippen LogP) is 4.78. The van der Waals surface area contributed by atoms with Gasteiger partial charge in [0.05, 0.1) is 5.69 Å². The summed E-state index contributed by atoms with van der Waals surface area (Å²) in [7, 11) is 1.76. The van der Waals surface area contributed by atoms with Gasteiger partial charge in [-0.15, -0.1) is 11.8 Å². The third-order valence-electron chi connectivity index (χ3n) is 3.69. The minimum Gasteiger partial charge on any atom is -0.341 e. The number of carbonyl (C=O) groups excluding carboxylic acids is 1. The molecule has 0 aliphatic carbocycles. The van der Waals surface area contributed by atoms with Crippen LogP contribution in [-0.2, 0) is 11.3 Å². The molecule has 0 saturated carbocycles. The van der Waals surface area contributed by atoms with Crippen LogP contribution in [0.2, 0.25) is 0 Å². The van der Waals surface area contributed by atoms with Crippen LogP contribution in [0.15, 0.2) is 47.0 Å². The molecule has 1 amide bonds. The van der Waals surface area contributed by atoms with Gasteiger partial charge in [-0.25, -0.2) is 0 Å². The number of nitrogens with zero attached hydrogens (tertiary/aromatic N) is 2. The van der Waals surface area contributed by atoms with E-state index in [2.05, 4.69) is 61.9 Å². The van der Waals surface area contributed by atoms with Crippen LogP contribution in [0.4, 0.5) is 0 Å². The summed E-state index contributed by atoms with van der Waals surface area (Å²) in [6, 6.07) is 8.64. The molecule has 0 fully saturated rings. The van der Waals surface area contributed by atoms with E-state index >= 15 is 0 Å². The zero-order valence-corrected chi connectivity index (χ0v) is 15.3. The van der Waals surface area contributed by atoms with E-state index < -0.39 is 0 Å². The van der Waals surface area contributed by atoms with Gasteiger partial charge in [-0.2, -0.15) is 0 Å². The summed E-state index contributed by atoms with van der Waals surface area (Å²) >= 11 is 1.76. The fraction of sp³-hybridized carbons (Fsp3) is 0.316. The summed E-state index contributed by atoms with van der Waals surface area (Å²) < 4.78 is 2.30. The standard InChI is InChI=1S/C19H24N2OS/c1-6-21-17-8-7-9-19(23-5)16(17)11-18(21)15(10-14(2)3)12-20(4)13-22/h7-13H,6H2,1-5H3/b15-12+. The van der Waals surface area contributed by atoms with E-state index in [1.807, 2.05) is 6.20 Å². The lowest BCUT2D eigenvalue weighted by Crippen LogP contribution is -2.09. The predicted molar refractivity (Wildman–Crippen MR) is 101 cm³/mol. The average molecular weight is 328 g/mol. The number of aromatic nitrogens is 1. The Balaban J connectivity index is 2.75. The maximum absolute atomic E-state index is 11.0. The lowest BCUT2D eigenvalue weighted by molar-refractivity contribution is -0.114. The van der Waals surface area contributed by atoms with Crippen molar-refractivity contribution < 1.29 is 4.79 Å². The van der Waals surface area contributed by atoms with Crippen LogP contribution in [0.25, 0.3) is 16.5 Å². The van der Waals surface area contributed by atoms with Gasteiger partial charge in [0.15, 0.2) is 0 Å². The molecule has 2 aromatic rings. The van der Waals surface area contributed by atoms with E-state index in [1.165, 1.54) is 21.4 Å². The number of amides is 1. The van der Waals surface area contributed by atoms with Crippen molar-refractivity contribution in [2.24, 2.45) is 0 Å². The van der Waals surface area contributed by atoms with Gasteiger partial charge < -0.3 is 9.47 Å². The van der Waals surface area contributed by atoms with E-state index in [1.54, 1.807) is 23.7 Å². The Kier molecular flexibility index (Phi) is 5.72. The SMILES string of the molecule is CCn1c(/C(C=C(C)C)=C/N(C)C=O)cc2c(SC)cccc21. The highest BCUT2D eigenvalue weighted by Crippen LogP contribution is 2.32. The second-order valence-electron chi connectivity index (χ2n) is 5.74. The van der Waals surface area contributed by atoms with Gasteiger partial charge in [-0.3, -0.25) is 4.79 Å². The van der Waals surface area contributed by atoms with E-state index in [0.717, 1.165) is 24.2 Å². The number of fused-ring (bicyclic) bond motifs is 1. The molecular formula is C19H24N2OS. The lowest BCUT2D eigenvalue weighted by atomic mass is 10.1. The maximum atomic E-state index is 11.0. The summed E-state index contributed by atoms with van der Waals surface area (Å²) in [6.07, 6.45) is 6.94. The zero-order valence-electron chi connectivity index (χ0n) is 14.5. The minimum atomic E-state index is 0.825. The molecule has 3 nitrogen and oxygen atoms in total. The van der Waals surface area contributed by atoms with E-state index in [9.17, 15) is 4.79 Å². The van der Waals surface area contributed by atoms with Crippen molar-refractivity contribution in [3.8, 4) is 0 Å². The van der Waals surface area contributed by atoms with E-state index in [4.69, 9.17) is 0 Å². The van der Waals surface area contributed by atoms with E-state index in [0.29, 0.717) is 0 Å². The number of allylic oxidation sites excluding steroid dienone is 3. The van der Waals surface area contributed by atoms with Gasteiger partial charge in [0.1, 0.15) is 0 Å². The first kappa shape index (κ1) is 17.4. The average Bonchev–Trinajstić information content (AvgIpc) is 2.91. The fourth-order valence-corrected chi connectivity index (χ4v) is 3.35. The molecule has 0 bridgehead atoms. The molecule has 122 valence electrons. The third kappa shape index (κ3) is 3.70. The number of aryl methyl sites for hydroxylation is 1. The smallest absolute Gasteiger partial charge is 0.213 e. The first-order chi connectivity index (χ1) is 11.0. The molecule has 1 aromatic heterocycles.